The predicted molar refractivity (Wildman–Crippen MR) is 80.7 cm³/mol. The van der Waals surface area contributed by atoms with Crippen LogP contribution in [0, 0.1) is 5.92 Å². The topological polar surface area (TPSA) is 66.5 Å². The predicted octanol–water partition coefficient (Wildman–Crippen LogP) is 0.905. The van der Waals surface area contributed by atoms with Gasteiger partial charge in [0.25, 0.3) is 0 Å². The summed E-state index contributed by atoms with van der Waals surface area (Å²) in [4.78, 5) is 26.4. The van der Waals surface area contributed by atoms with Crippen molar-refractivity contribution in [1.29, 1.82) is 0 Å². The van der Waals surface area contributed by atoms with Gasteiger partial charge in [-0.05, 0) is 19.3 Å². The molecule has 0 bridgehead atoms. The second-order valence-electron chi connectivity index (χ2n) is 5.84. The highest BCUT2D eigenvalue weighted by Crippen LogP contribution is 2.20. The van der Waals surface area contributed by atoms with E-state index in [1.165, 1.54) is 0 Å². The number of carbonyl (C=O) groups excluding carboxylic acids is 2. The van der Waals surface area contributed by atoms with Crippen molar-refractivity contribution in [2.45, 2.75) is 57.9 Å². The summed E-state index contributed by atoms with van der Waals surface area (Å²) in [6.07, 6.45) is 3.12. The van der Waals surface area contributed by atoms with E-state index in [1.54, 1.807) is 11.2 Å². The van der Waals surface area contributed by atoms with Gasteiger partial charge in [0.15, 0.2) is 0 Å². The molecule has 0 aliphatic carbocycles. The van der Waals surface area contributed by atoms with Gasteiger partial charge in [0, 0.05) is 28.9 Å². The molecular formula is C14H26N2O3S. The third-order valence-electron chi connectivity index (χ3n) is 3.73. The van der Waals surface area contributed by atoms with E-state index in [-0.39, 0.29) is 23.0 Å². The molecule has 6 heteroatoms. The number of nitrogens with one attached hydrogen (secondary N) is 1. The van der Waals surface area contributed by atoms with Crippen LogP contribution < -0.4 is 5.32 Å². The summed E-state index contributed by atoms with van der Waals surface area (Å²) in [7, 11) is -1.01. The molecule has 0 aromatic carbocycles. The van der Waals surface area contributed by atoms with E-state index < -0.39 is 22.9 Å². The molecule has 5 nitrogen and oxygen atoms in total. The molecule has 0 radical (unpaired) electrons. The lowest BCUT2D eigenvalue weighted by Gasteiger charge is -2.41. The Balaban J connectivity index is 2.98. The Morgan fingerprint density at radius 3 is 2.35 bits per heavy atom. The van der Waals surface area contributed by atoms with Gasteiger partial charge in [-0.15, -0.1) is 0 Å². The monoisotopic (exact) mass is 302 g/mol. The van der Waals surface area contributed by atoms with E-state index in [0.29, 0.717) is 13.0 Å². The van der Waals surface area contributed by atoms with Gasteiger partial charge in [-0.3, -0.25) is 13.8 Å². The lowest BCUT2D eigenvalue weighted by molar-refractivity contribution is -0.151. The number of hydrogen-bond acceptors (Lipinski definition) is 3. The van der Waals surface area contributed by atoms with Crippen LogP contribution in [0.4, 0.5) is 0 Å². The molecule has 4 atom stereocenters. The molecule has 0 spiro atoms. The number of amides is 2. The Morgan fingerprint density at radius 1 is 1.30 bits per heavy atom. The van der Waals surface area contributed by atoms with Crippen LogP contribution in [-0.2, 0) is 20.4 Å². The first kappa shape index (κ1) is 17.1. The van der Waals surface area contributed by atoms with Crippen LogP contribution in [0.25, 0.3) is 0 Å². The van der Waals surface area contributed by atoms with Crippen LogP contribution in [-0.4, -0.2) is 51.1 Å². The van der Waals surface area contributed by atoms with Gasteiger partial charge in [-0.25, -0.2) is 0 Å². The first-order valence-corrected chi connectivity index (χ1v) is 8.84. The van der Waals surface area contributed by atoms with E-state index >= 15 is 0 Å². The van der Waals surface area contributed by atoms with Crippen molar-refractivity contribution < 1.29 is 13.8 Å². The van der Waals surface area contributed by atoms with Crippen LogP contribution in [0.5, 0.6) is 0 Å². The summed E-state index contributed by atoms with van der Waals surface area (Å²) < 4.78 is 11.6. The largest absolute Gasteiger partial charge is 0.342 e. The fraction of sp³-hybridized carbons (Fsp3) is 0.857. The molecule has 0 aromatic heterocycles. The molecule has 1 aliphatic heterocycles. The SMILES string of the molecule is CCCC1NC(=O)C(C(C)C)N(CC(C)S(C)=O)C1=O. The second-order valence-corrected chi connectivity index (χ2v) is 7.64. The quantitative estimate of drug-likeness (QED) is 0.793. The minimum absolute atomic E-state index is 0.0394. The highest BCUT2D eigenvalue weighted by atomic mass is 32.2. The van der Waals surface area contributed by atoms with Crippen LogP contribution in [0.1, 0.15) is 40.5 Å². The Labute approximate surface area is 123 Å². The van der Waals surface area contributed by atoms with Gasteiger partial charge >= 0.3 is 0 Å². The van der Waals surface area contributed by atoms with Crippen LogP contribution in [0.3, 0.4) is 0 Å². The zero-order valence-electron chi connectivity index (χ0n) is 13.0. The molecule has 20 heavy (non-hydrogen) atoms. The molecule has 116 valence electrons. The Morgan fingerprint density at radius 2 is 1.90 bits per heavy atom. The van der Waals surface area contributed by atoms with E-state index in [4.69, 9.17) is 0 Å². The molecule has 1 fully saturated rings. The van der Waals surface area contributed by atoms with Crippen LogP contribution in [0.15, 0.2) is 0 Å². The average Bonchev–Trinajstić information content (AvgIpc) is 2.34. The first-order valence-electron chi connectivity index (χ1n) is 7.22. The molecule has 1 saturated heterocycles. The number of carbonyl (C=O) groups is 2. The summed E-state index contributed by atoms with van der Waals surface area (Å²) in [5, 5.41) is 2.69. The van der Waals surface area contributed by atoms with Crippen LogP contribution >= 0.6 is 0 Å². The fourth-order valence-corrected chi connectivity index (χ4v) is 2.90. The maximum absolute atomic E-state index is 12.5. The maximum atomic E-state index is 12.5. The molecule has 4 unspecified atom stereocenters. The van der Waals surface area contributed by atoms with Gasteiger partial charge in [-0.2, -0.15) is 0 Å². The van der Waals surface area contributed by atoms with E-state index in [9.17, 15) is 13.8 Å². The number of piperazine rings is 1. The van der Waals surface area contributed by atoms with Crippen LogP contribution in [0.2, 0.25) is 0 Å². The van der Waals surface area contributed by atoms with E-state index in [0.717, 1.165) is 6.42 Å². The standard InChI is InChI=1S/C14H26N2O3S/c1-6-7-11-14(18)16(8-10(4)20(5)19)12(9(2)3)13(17)15-11/h9-12H,6-8H2,1-5H3,(H,15,17). The molecule has 0 aromatic rings. The third-order valence-corrected chi connectivity index (χ3v) is 5.01. The smallest absolute Gasteiger partial charge is 0.245 e. The van der Waals surface area contributed by atoms with Crippen molar-refractivity contribution in [3.8, 4) is 0 Å². The molecule has 1 heterocycles. The van der Waals surface area contributed by atoms with Crippen molar-refractivity contribution in [2.24, 2.45) is 5.92 Å². The second kappa shape index (κ2) is 7.20. The first-order chi connectivity index (χ1) is 9.29. The average molecular weight is 302 g/mol. The van der Waals surface area contributed by atoms with E-state index in [2.05, 4.69) is 5.32 Å². The zero-order chi connectivity index (χ0) is 15.4. The number of rotatable bonds is 6. The molecule has 1 aliphatic rings. The minimum Gasteiger partial charge on any atom is -0.342 e. The molecule has 0 saturated carbocycles. The molecular weight excluding hydrogens is 276 g/mol. The number of nitrogens with zero attached hydrogens (tertiary/aromatic N) is 1. The Bertz CT molecular complexity index is 398. The number of hydrogen-bond donors (Lipinski definition) is 1. The van der Waals surface area contributed by atoms with Crippen molar-refractivity contribution >= 4 is 22.6 Å². The lowest BCUT2D eigenvalue weighted by Crippen LogP contribution is -2.65. The Hall–Kier alpha value is -0.910. The summed E-state index contributed by atoms with van der Waals surface area (Å²) >= 11 is 0. The van der Waals surface area contributed by atoms with Gasteiger partial charge in [-0.1, -0.05) is 27.2 Å². The van der Waals surface area contributed by atoms with Crippen molar-refractivity contribution in [3.05, 3.63) is 0 Å². The van der Waals surface area contributed by atoms with Gasteiger partial charge in [0.1, 0.15) is 12.1 Å². The van der Waals surface area contributed by atoms with Gasteiger partial charge in [0.05, 0.1) is 0 Å². The van der Waals surface area contributed by atoms with E-state index in [1.807, 2.05) is 27.7 Å². The van der Waals surface area contributed by atoms with Gasteiger partial charge in [0.2, 0.25) is 11.8 Å². The third kappa shape index (κ3) is 3.81. The highest BCUT2D eigenvalue weighted by molar-refractivity contribution is 7.84. The summed E-state index contributed by atoms with van der Waals surface area (Å²) in [6, 6.07) is -0.887. The maximum Gasteiger partial charge on any atom is 0.245 e. The summed E-state index contributed by atoms with van der Waals surface area (Å²) in [5.41, 5.74) is 0. The molecule has 2 amide bonds. The highest BCUT2D eigenvalue weighted by Gasteiger charge is 2.42. The normalized spacial score (nSPS) is 26.6. The summed E-state index contributed by atoms with van der Waals surface area (Å²) in [6.45, 7) is 8.07. The molecule has 1 rings (SSSR count). The van der Waals surface area contributed by atoms with Crippen molar-refractivity contribution in [3.63, 3.8) is 0 Å². The zero-order valence-corrected chi connectivity index (χ0v) is 13.8. The van der Waals surface area contributed by atoms with Gasteiger partial charge < -0.3 is 10.2 Å². The van der Waals surface area contributed by atoms with Crippen molar-refractivity contribution in [2.75, 3.05) is 12.8 Å². The minimum atomic E-state index is -1.01. The Kier molecular flexibility index (Phi) is 6.17. The lowest BCUT2D eigenvalue weighted by atomic mass is 9.95. The van der Waals surface area contributed by atoms with Crippen molar-refractivity contribution in [1.82, 2.24) is 10.2 Å². The molecule has 1 N–H and O–H groups in total. The summed E-state index contributed by atoms with van der Waals surface area (Å²) in [5.74, 6) is -0.0893. The fourth-order valence-electron chi connectivity index (χ4n) is 2.53.